The van der Waals surface area contributed by atoms with E-state index >= 15 is 0 Å². The van der Waals surface area contributed by atoms with E-state index in [2.05, 4.69) is 18.2 Å². The molecule has 0 fully saturated rings. The summed E-state index contributed by atoms with van der Waals surface area (Å²) in [5.74, 6) is 0. The van der Waals surface area contributed by atoms with Crippen molar-refractivity contribution in [3.63, 3.8) is 0 Å². The third-order valence-electron chi connectivity index (χ3n) is 2.38. The summed E-state index contributed by atoms with van der Waals surface area (Å²) in [5.41, 5.74) is 1.83. The zero-order chi connectivity index (χ0) is 10.8. The first-order valence-corrected chi connectivity index (χ1v) is 4.52. The molecule has 0 N–H and O–H groups in total. The Morgan fingerprint density at radius 1 is 1.07 bits per heavy atom. The van der Waals surface area contributed by atoms with Crippen LogP contribution in [0.4, 0.5) is 0 Å². The quantitative estimate of drug-likeness (QED) is 0.642. The number of nitriles is 2. The van der Waals surface area contributed by atoms with Crippen LogP contribution in [0.3, 0.4) is 0 Å². The molecule has 2 heteroatoms. The number of benzene rings is 2. The van der Waals surface area contributed by atoms with Crippen molar-refractivity contribution in [1.82, 2.24) is 0 Å². The van der Waals surface area contributed by atoms with Gasteiger partial charge in [-0.2, -0.15) is 10.5 Å². The Bertz CT molecular complexity index is 613. The van der Waals surface area contributed by atoms with Gasteiger partial charge in [0.05, 0.1) is 11.1 Å². The van der Waals surface area contributed by atoms with Crippen LogP contribution >= 0.6 is 0 Å². The second kappa shape index (κ2) is 3.44. The number of rotatable bonds is 0. The molecule has 2 aromatic carbocycles. The lowest BCUT2D eigenvalue weighted by molar-refractivity contribution is 1.39. The van der Waals surface area contributed by atoms with Gasteiger partial charge >= 0.3 is 0 Å². The molecule has 0 bridgehead atoms. The van der Waals surface area contributed by atoms with Crippen molar-refractivity contribution >= 4 is 10.8 Å². The van der Waals surface area contributed by atoms with Crippen LogP contribution < -0.4 is 0 Å². The van der Waals surface area contributed by atoms with Crippen LogP contribution in [-0.4, -0.2) is 0 Å². The van der Waals surface area contributed by atoms with Crippen molar-refractivity contribution in [2.24, 2.45) is 0 Å². The summed E-state index contributed by atoms with van der Waals surface area (Å²) in [4.78, 5) is 0. The highest BCUT2D eigenvalue weighted by atomic mass is 14.3. The Morgan fingerprint density at radius 3 is 2.33 bits per heavy atom. The van der Waals surface area contributed by atoms with Crippen LogP contribution in [0.5, 0.6) is 0 Å². The molecule has 0 aliphatic heterocycles. The number of aryl methyl sites for hydroxylation is 1. The molecule has 15 heavy (non-hydrogen) atoms. The van der Waals surface area contributed by atoms with Crippen LogP contribution in [0.25, 0.3) is 10.8 Å². The lowest BCUT2D eigenvalue weighted by Crippen LogP contribution is -1.89. The van der Waals surface area contributed by atoms with E-state index in [0.29, 0.717) is 11.1 Å². The smallest absolute Gasteiger partial charge is 0.100 e. The molecule has 0 aliphatic rings. The van der Waals surface area contributed by atoms with Crippen molar-refractivity contribution in [2.75, 3.05) is 0 Å². The fourth-order valence-corrected chi connectivity index (χ4v) is 1.67. The summed E-state index contributed by atoms with van der Waals surface area (Å²) in [6.45, 7) is 1.80. The van der Waals surface area contributed by atoms with Gasteiger partial charge in [0.15, 0.2) is 0 Å². The highest BCUT2D eigenvalue weighted by Crippen LogP contribution is 2.24. The molecule has 0 aromatic heterocycles. The largest absolute Gasteiger partial charge is 0.192 e. The van der Waals surface area contributed by atoms with Crippen LogP contribution in [-0.2, 0) is 0 Å². The first kappa shape index (κ1) is 9.24. The first-order valence-electron chi connectivity index (χ1n) is 4.52. The normalized spacial score (nSPS) is 9.53. The lowest BCUT2D eigenvalue weighted by atomic mass is 9.96. The molecule has 0 amide bonds. The summed E-state index contributed by atoms with van der Waals surface area (Å²) in [5, 5.41) is 19.6. The predicted octanol–water partition coefficient (Wildman–Crippen LogP) is 2.69. The molecule has 0 unspecified atom stereocenters. The van der Waals surface area contributed by atoms with Crippen LogP contribution in [0.15, 0.2) is 24.3 Å². The molecule has 2 nitrogen and oxygen atoms in total. The van der Waals surface area contributed by atoms with Crippen LogP contribution in [0.2, 0.25) is 0 Å². The Hall–Kier alpha value is -2.32. The van der Waals surface area contributed by atoms with Crippen molar-refractivity contribution in [3.8, 4) is 12.1 Å². The average Bonchev–Trinajstić information content (AvgIpc) is 2.28. The molecule has 1 radical (unpaired) electrons. The van der Waals surface area contributed by atoms with E-state index in [-0.39, 0.29) is 0 Å². The minimum Gasteiger partial charge on any atom is -0.192 e. The van der Waals surface area contributed by atoms with Gasteiger partial charge in [-0.25, -0.2) is 0 Å². The van der Waals surface area contributed by atoms with E-state index in [1.54, 1.807) is 6.92 Å². The maximum Gasteiger partial charge on any atom is 0.100 e. The molecule has 0 heterocycles. The van der Waals surface area contributed by atoms with Gasteiger partial charge in [-0.15, -0.1) is 0 Å². The summed E-state index contributed by atoms with van der Waals surface area (Å²) in [6, 6.07) is 14.6. The number of hydrogen-bond acceptors (Lipinski definition) is 2. The van der Waals surface area contributed by atoms with Gasteiger partial charge in [0, 0.05) is 16.8 Å². The first-order chi connectivity index (χ1) is 7.27. The Balaban J connectivity index is 3.02. The molecule has 2 rings (SSSR count). The summed E-state index contributed by atoms with van der Waals surface area (Å²) in [6.07, 6.45) is 0. The summed E-state index contributed by atoms with van der Waals surface area (Å²) >= 11 is 0. The van der Waals surface area contributed by atoms with Crippen LogP contribution in [0, 0.1) is 35.7 Å². The van der Waals surface area contributed by atoms with Crippen molar-refractivity contribution in [1.29, 1.82) is 10.5 Å². The molecule has 0 atom stereocenters. The van der Waals surface area contributed by atoms with Crippen molar-refractivity contribution < 1.29 is 0 Å². The van der Waals surface area contributed by atoms with E-state index in [0.717, 1.165) is 16.3 Å². The fourth-order valence-electron chi connectivity index (χ4n) is 1.67. The maximum atomic E-state index is 9.03. The van der Waals surface area contributed by atoms with E-state index in [9.17, 15) is 0 Å². The van der Waals surface area contributed by atoms with Crippen molar-refractivity contribution in [3.05, 3.63) is 47.0 Å². The van der Waals surface area contributed by atoms with E-state index in [1.807, 2.05) is 24.3 Å². The highest BCUT2D eigenvalue weighted by Gasteiger charge is 2.08. The lowest BCUT2D eigenvalue weighted by Gasteiger charge is -2.04. The van der Waals surface area contributed by atoms with Gasteiger partial charge in [-0.05, 0) is 12.5 Å². The zero-order valence-electron chi connectivity index (χ0n) is 8.20. The number of hydrogen-bond donors (Lipinski definition) is 0. The molecule has 0 spiro atoms. The van der Waals surface area contributed by atoms with Gasteiger partial charge in [0.1, 0.15) is 12.1 Å². The molecule has 2 aromatic rings. The monoisotopic (exact) mass is 191 g/mol. The second-order valence-corrected chi connectivity index (χ2v) is 3.27. The molecule has 0 saturated carbocycles. The average molecular weight is 191 g/mol. The Morgan fingerprint density at radius 2 is 1.73 bits per heavy atom. The Labute approximate surface area is 88.0 Å². The van der Waals surface area contributed by atoms with Crippen LogP contribution in [0.1, 0.15) is 16.7 Å². The Kier molecular flexibility index (Phi) is 2.12. The molecular formula is C13H7N2. The molecule has 0 aliphatic carbocycles. The van der Waals surface area contributed by atoms with E-state index in [4.69, 9.17) is 10.5 Å². The SMILES string of the molecule is Cc1[c]c(C#N)c2ccccc2c1C#N. The summed E-state index contributed by atoms with van der Waals surface area (Å²) in [7, 11) is 0. The third-order valence-corrected chi connectivity index (χ3v) is 2.38. The highest BCUT2D eigenvalue weighted by molar-refractivity contribution is 5.93. The van der Waals surface area contributed by atoms with Crippen molar-refractivity contribution in [2.45, 2.75) is 6.92 Å². The van der Waals surface area contributed by atoms with Gasteiger partial charge in [-0.1, -0.05) is 24.3 Å². The number of fused-ring (bicyclic) bond motifs is 1. The standard InChI is InChI=1S/C13H7N2/c1-9-6-10(7-14)11-4-2-3-5-12(11)13(9)8-15/h2-5H,1H3. The van der Waals surface area contributed by atoms with E-state index < -0.39 is 0 Å². The predicted molar refractivity (Wildman–Crippen MR) is 57.0 cm³/mol. The number of nitrogens with zero attached hydrogens (tertiary/aromatic N) is 2. The van der Waals surface area contributed by atoms with Gasteiger partial charge in [-0.3, -0.25) is 0 Å². The second-order valence-electron chi connectivity index (χ2n) is 3.27. The molecular weight excluding hydrogens is 184 g/mol. The minimum atomic E-state index is 0.502. The zero-order valence-corrected chi connectivity index (χ0v) is 8.20. The van der Waals surface area contributed by atoms with E-state index in [1.165, 1.54) is 0 Å². The van der Waals surface area contributed by atoms with Gasteiger partial charge < -0.3 is 0 Å². The summed E-state index contributed by atoms with van der Waals surface area (Å²) < 4.78 is 0. The topological polar surface area (TPSA) is 47.6 Å². The minimum absolute atomic E-state index is 0.502. The third kappa shape index (κ3) is 1.33. The fraction of sp³-hybridized carbons (Fsp3) is 0.0769. The molecule has 0 saturated heterocycles. The maximum absolute atomic E-state index is 9.03. The van der Waals surface area contributed by atoms with Gasteiger partial charge in [0.25, 0.3) is 0 Å². The molecule has 69 valence electrons. The van der Waals surface area contributed by atoms with Gasteiger partial charge in [0.2, 0.25) is 0 Å².